The lowest BCUT2D eigenvalue weighted by atomic mass is 10.1. The number of nitrogens with one attached hydrogen (secondary N) is 2. The molecule has 0 unspecified atom stereocenters. The summed E-state index contributed by atoms with van der Waals surface area (Å²) in [6.07, 6.45) is 2.01. The van der Waals surface area contributed by atoms with Crippen LogP contribution in [0.4, 0.5) is 8.78 Å². The van der Waals surface area contributed by atoms with Gasteiger partial charge in [0.05, 0.1) is 5.02 Å². The Labute approximate surface area is 162 Å². The van der Waals surface area contributed by atoms with Crippen LogP contribution in [0.5, 0.6) is 5.75 Å². The van der Waals surface area contributed by atoms with Gasteiger partial charge in [0.15, 0.2) is 0 Å². The quantitative estimate of drug-likeness (QED) is 0.569. The molecule has 0 heterocycles. The molecule has 0 bridgehead atoms. The lowest BCUT2D eigenvalue weighted by Gasteiger charge is -2.10. The average Bonchev–Trinajstić information content (AvgIpc) is 2.64. The van der Waals surface area contributed by atoms with E-state index in [-0.39, 0.29) is 16.7 Å². The summed E-state index contributed by atoms with van der Waals surface area (Å²) in [6, 6.07) is 12.1. The first-order valence-electron chi connectivity index (χ1n) is 8.80. The predicted octanol–water partition coefficient (Wildman–Crippen LogP) is 4.76. The molecule has 0 aromatic heterocycles. The third-order valence-corrected chi connectivity index (χ3v) is 4.20. The minimum absolute atomic E-state index is 0.0387. The van der Waals surface area contributed by atoms with E-state index in [9.17, 15) is 13.6 Å². The highest BCUT2D eigenvalue weighted by Crippen LogP contribution is 2.26. The molecule has 1 amide bonds. The second-order valence-electron chi connectivity index (χ2n) is 6.05. The third-order valence-electron chi connectivity index (χ3n) is 3.90. The number of carbonyl (C=O) groups excluding carboxylic acids is 1. The lowest BCUT2D eigenvalue weighted by Crippen LogP contribution is -2.24. The van der Waals surface area contributed by atoms with Crippen LogP contribution in [0.15, 0.2) is 42.5 Å². The topological polar surface area (TPSA) is 50.4 Å². The Morgan fingerprint density at radius 1 is 1.11 bits per heavy atom. The van der Waals surface area contributed by atoms with Gasteiger partial charge in [0.2, 0.25) is 0 Å². The Bertz CT molecular complexity index is 739. The van der Waals surface area contributed by atoms with Crippen molar-refractivity contribution in [2.45, 2.75) is 39.5 Å². The summed E-state index contributed by atoms with van der Waals surface area (Å²) in [5.41, 5.74) is 2.52. The molecule has 0 aliphatic heterocycles. The van der Waals surface area contributed by atoms with Crippen molar-refractivity contribution >= 4 is 17.5 Å². The number of alkyl halides is 2. The summed E-state index contributed by atoms with van der Waals surface area (Å²) in [5, 5.41) is 6.28. The fraction of sp³-hybridized carbons (Fsp3) is 0.350. The van der Waals surface area contributed by atoms with Gasteiger partial charge in [0.25, 0.3) is 5.91 Å². The van der Waals surface area contributed by atoms with E-state index >= 15 is 0 Å². The predicted molar refractivity (Wildman–Crippen MR) is 102 cm³/mol. The maximum Gasteiger partial charge on any atom is 0.387 e. The van der Waals surface area contributed by atoms with Crippen molar-refractivity contribution in [3.05, 3.63) is 64.2 Å². The van der Waals surface area contributed by atoms with Crippen LogP contribution in [0.1, 0.15) is 41.3 Å². The number of rotatable bonds is 10. The largest absolute Gasteiger partial charge is 0.433 e. The molecule has 0 spiro atoms. The van der Waals surface area contributed by atoms with Crippen molar-refractivity contribution in [1.29, 1.82) is 0 Å². The number of hydrogen-bond acceptors (Lipinski definition) is 3. The van der Waals surface area contributed by atoms with E-state index in [4.69, 9.17) is 11.6 Å². The number of halogens is 3. The molecule has 0 aliphatic rings. The van der Waals surface area contributed by atoms with Gasteiger partial charge in [-0.05, 0) is 41.8 Å². The number of hydrogen-bond donors (Lipinski definition) is 2. The lowest BCUT2D eigenvalue weighted by molar-refractivity contribution is -0.0498. The van der Waals surface area contributed by atoms with Crippen molar-refractivity contribution in [3.63, 3.8) is 0 Å². The Morgan fingerprint density at radius 3 is 2.41 bits per heavy atom. The zero-order valence-corrected chi connectivity index (χ0v) is 15.9. The second kappa shape index (κ2) is 10.8. The number of benzene rings is 2. The van der Waals surface area contributed by atoms with Crippen molar-refractivity contribution in [1.82, 2.24) is 10.6 Å². The van der Waals surface area contributed by atoms with Gasteiger partial charge in [-0.2, -0.15) is 8.78 Å². The molecule has 0 saturated carbocycles. The van der Waals surface area contributed by atoms with Gasteiger partial charge in [-0.15, -0.1) is 0 Å². The van der Waals surface area contributed by atoms with Gasteiger partial charge < -0.3 is 15.4 Å². The monoisotopic (exact) mass is 396 g/mol. The summed E-state index contributed by atoms with van der Waals surface area (Å²) in [6.45, 7) is 0.983. The van der Waals surface area contributed by atoms with E-state index < -0.39 is 6.61 Å². The minimum Gasteiger partial charge on any atom is -0.433 e. The van der Waals surface area contributed by atoms with E-state index in [0.29, 0.717) is 25.2 Å². The first-order chi connectivity index (χ1) is 13.0. The Balaban J connectivity index is 1.81. The zero-order chi connectivity index (χ0) is 19.6. The first-order valence-corrected chi connectivity index (χ1v) is 9.18. The molecule has 0 atom stereocenters. The number of amides is 1. The molecule has 2 aromatic carbocycles. The van der Waals surface area contributed by atoms with Gasteiger partial charge in [0.1, 0.15) is 5.75 Å². The average molecular weight is 397 g/mol. The highest BCUT2D eigenvalue weighted by molar-refractivity contribution is 6.32. The van der Waals surface area contributed by atoms with Crippen LogP contribution in [0.2, 0.25) is 5.02 Å². The summed E-state index contributed by atoms with van der Waals surface area (Å²) < 4.78 is 28.8. The molecule has 2 rings (SSSR count). The summed E-state index contributed by atoms with van der Waals surface area (Å²) in [4.78, 5) is 12.0. The zero-order valence-electron chi connectivity index (χ0n) is 15.1. The van der Waals surface area contributed by atoms with Crippen LogP contribution in [0, 0.1) is 0 Å². The van der Waals surface area contributed by atoms with E-state index in [2.05, 4.69) is 22.3 Å². The van der Waals surface area contributed by atoms with Crippen LogP contribution in [-0.4, -0.2) is 19.1 Å². The summed E-state index contributed by atoms with van der Waals surface area (Å²) in [5.74, 6) is -0.105. The molecule has 146 valence electrons. The third kappa shape index (κ3) is 7.15. The molecule has 2 N–H and O–H groups in total. The van der Waals surface area contributed by atoms with Gasteiger partial charge in [-0.3, -0.25) is 4.79 Å². The van der Waals surface area contributed by atoms with Crippen LogP contribution in [-0.2, 0) is 13.1 Å². The molecule has 4 nitrogen and oxygen atoms in total. The van der Waals surface area contributed by atoms with Gasteiger partial charge in [-0.1, -0.05) is 43.1 Å². The minimum atomic E-state index is -2.90. The Morgan fingerprint density at radius 2 is 1.78 bits per heavy atom. The summed E-state index contributed by atoms with van der Waals surface area (Å²) in [7, 11) is 0. The normalized spacial score (nSPS) is 10.9. The fourth-order valence-electron chi connectivity index (χ4n) is 2.45. The number of carbonyl (C=O) groups is 1. The van der Waals surface area contributed by atoms with Crippen LogP contribution < -0.4 is 15.4 Å². The molecule has 0 saturated heterocycles. The summed E-state index contributed by atoms with van der Waals surface area (Å²) >= 11 is 5.94. The van der Waals surface area contributed by atoms with E-state index in [0.717, 1.165) is 24.0 Å². The Kier molecular flexibility index (Phi) is 8.48. The SMILES string of the molecule is CCCCNC(=O)c1ccc(CNCc2ccc(OC(F)F)c(Cl)c2)cc1. The fourth-order valence-corrected chi connectivity index (χ4v) is 2.70. The van der Waals surface area contributed by atoms with Crippen molar-refractivity contribution < 1.29 is 18.3 Å². The molecule has 2 aromatic rings. The number of unbranched alkanes of at least 4 members (excludes halogenated alkanes) is 1. The van der Waals surface area contributed by atoms with Crippen LogP contribution in [0.25, 0.3) is 0 Å². The number of ether oxygens (including phenoxy) is 1. The first kappa shape index (κ1) is 21.1. The molecule has 0 fully saturated rings. The van der Waals surface area contributed by atoms with Crippen molar-refractivity contribution in [2.24, 2.45) is 0 Å². The maximum atomic E-state index is 12.2. The van der Waals surface area contributed by atoms with E-state index in [1.54, 1.807) is 24.3 Å². The van der Waals surface area contributed by atoms with E-state index in [1.165, 1.54) is 6.07 Å². The van der Waals surface area contributed by atoms with Crippen LogP contribution in [0.3, 0.4) is 0 Å². The highest BCUT2D eigenvalue weighted by Gasteiger charge is 2.09. The molecular formula is C20H23ClF2N2O2. The van der Waals surface area contributed by atoms with Gasteiger partial charge in [-0.25, -0.2) is 0 Å². The highest BCUT2D eigenvalue weighted by atomic mass is 35.5. The van der Waals surface area contributed by atoms with Crippen LogP contribution >= 0.6 is 11.6 Å². The second-order valence-corrected chi connectivity index (χ2v) is 6.46. The van der Waals surface area contributed by atoms with Gasteiger partial charge in [0, 0.05) is 25.2 Å². The molecule has 7 heteroatoms. The van der Waals surface area contributed by atoms with Crippen molar-refractivity contribution in [2.75, 3.05) is 6.54 Å². The molecular weight excluding hydrogens is 374 g/mol. The van der Waals surface area contributed by atoms with Gasteiger partial charge >= 0.3 is 6.61 Å². The molecule has 27 heavy (non-hydrogen) atoms. The standard InChI is InChI=1S/C20H23ClF2N2O2/c1-2-3-10-25-19(26)16-7-4-14(5-8-16)12-24-13-15-6-9-18(17(21)11-15)27-20(22)23/h4-9,11,20,24H,2-3,10,12-13H2,1H3,(H,25,26). The maximum absolute atomic E-state index is 12.2. The molecule has 0 aliphatic carbocycles. The van der Waals surface area contributed by atoms with E-state index in [1.807, 2.05) is 12.1 Å². The molecule has 0 radical (unpaired) electrons. The Hall–Kier alpha value is -2.18. The van der Waals surface area contributed by atoms with Crippen molar-refractivity contribution in [3.8, 4) is 5.75 Å². The smallest absolute Gasteiger partial charge is 0.387 e.